The molecule has 0 saturated heterocycles. The lowest BCUT2D eigenvalue weighted by molar-refractivity contribution is -0.138. The van der Waals surface area contributed by atoms with E-state index in [1.165, 1.54) is 38.8 Å². The maximum atomic E-state index is 13.8. The summed E-state index contributed by atoms with van der Waals surface area (Å²) in [5.74, 6) is -0.258. The molecule has 50 heavy (non-hydrogen) atoms. The van der Waals surface area contributed by atoms with E-state index in [0.717, 1.165) is 27.8 Å². The van der Waals surface area contributed by atoms with E-state index in [1.807, 2.05) is 42.5 Å². The van der Waals surface area contributed by atoms with Gasteiger partial charge >= 0.3 is 20.5 Å². The van der Waals surface area contributed by atoms with Crippen LogP contribution in [0.15, 0.2) is 125 Å². The van der Waals surface area contributed by atoms with Gasteiger partial charge in [0.1, 0.15) is 24.5 Å². The molecule has 0 amide bonds. The molecular weight excluding hydrogens is 682 g/mol. The maximum absolute atomic E-state index is 13.8. The number of hydrogen-bond donors (Lipinski definition) is 0. The number of ether oxygens (including phenoxy) is 3. The number of aliphatic imine (C=N–C) groups is 2. The second kappa shape index (κ2) is 13.5. The Labute approximate surface area is 293 Å². The number of fused-ring (bicyclic) bond motifs is 1. The van der Waals surface area contributed by atoms with Crippen molar-refractivity contribution in [1.82, 2.24) is 0 Å². The lowest BCUT2D eigenvalue weighted by Gasteiger charge is -2.46. The number of allylic oxidation sites excluding steroid dienone is 1. The van der Waals surface area contributed by atoms with E-state index >= 15 is 0 Å². The minimum atomic E-state index is -4.58. The average Bonchev–Trinajstić information content (AvgIpc) is 3.75. The average molecular weight is 717 g/mol. The fraction of sp³-hybridized carbons (Fsp3) is 0.237. The summed E-state index contributed by atoms with van der Waals surface area (Å²) in [6.45, 7) is 6.01. The summed E-state index contributed by atoms with van der Waals surface area (Å²) in [7, 11) is -0.481. The summed E-state index contributed by atoms with van der Waals surface area (Å²) in [4.78, 5) is 22.6. The molecule has 1 aliphatic heterocycles. The molecule has 1 aromatic heterocycles. The largest absolute Gasteiger partial charge is 0.534 e. The van der Waals surface area contributed by atoms with Gasteiger partial charge in [-0.15, -0.1) is 11.3 Å². The fourth-order valence-corrected chi connectivity index (χ4v) is 12.0. The molecule has 2 aliphatic rings. The number of thiophene rings is 1. The topological polar surface area (TPSA) is 78.7 Å². The van der Waals surface area contributed by atoms with Gasteiger partial charge in [-0.05, 0) is 33.6 Å². The Hall–Kier alpha value is -4.78. The second-order valence-corrected chi connectivity index (χ2v) is 18.0. The van der Waals surface area contributed by atoms with Gasteiger partial charge in [0, 0.05) is 18.7 Å². The van der Waals surface area contributed by atoms with Gasteiger partial charge < -0.3 is 18.6 Å². The molecule has 0 saturated carbocycles. The number of rotatable bonds is 10. The first-order valence-electron chi connectivity index (χ1n) is 15.8. The van der Waals surface area contributed by atoms with Crippen molar-refractivity contribution in [1.29, 1.82) is 0 Å². The first kappa shape index (κ1) is 35.1. The van der Waals surface area contributed by atoms with Crippen LogP contribution in [0.25, 0.3) is 0 Å². The number of hydrogen-bond acceptors (Lipinski definition) is 8. The Morgan fingerprint density at radius 2 is 1.52 bits per heavy atom. The predicted molar refractivity (Wildman–Crippen MR) is 191 cm³/mol. The van der Waals surface area contributed by atoms with Crippen LogP contribution in [0.5, 0.6) is 5.75 Å². The maximum Gasteiger partial charge on any atom is 0.416 e. The van der Waals surface area contributed by atoms with E-state index < -0.39 is 43.3 Å². The number of esters is 1. The van der Waals surface area contributed by atoms with E-state index in [9.17, 15) is 18.0 Å². The van der Waals surface area contributed by atoms with E-state index in [-0.39, 0.29) is 16.2 Å². The summed E-state index contributed by atoms with van der Waals surface area (Å²) in [6, 6.07) is 26.9. The molecule has 3 aromatic carbocycles. The van der Waals surface area contributed by atoms with Crippen molar-refractivity contribution in [3.8, 4) is 5.75 Å². The fourth-order valence-electron chi connectivity index (χ4n) is 6.35. The molecule has 0 bridgehead atoms. The van der Waals surface area contributed by atoms with Crippen molar-refractivity contribution in [2.45, 2.75) is 44.2 Å². The highest BCUT2D eigenvalue weighted by Crippen LogP contribution is 2.49. The monoisotopic (exact) mass is 716 g/mol. The minimum absolute atomic E-state index is 0.0443. The molecule has 1 atom stereocenters. The third-order valence-electron chi connectivity index (χ3n) is 8.77. The number of carbonyl (C=O) groups is 1. The molecule has 0 radical (unpaired) electrons. The molecule has 0 fully saturated rings. The summed E-state index contributed by atoms with van der Waals surface area (Å²) >= 11 is 1.04. The zero-order valence-electron chi connectivity index (χ0n) is 28.1. The Kier molecular flexibility index (Phi) is 9.46. The lowest BCUT2D eigenvalue weighted by atomic mass is 9.91. The summed E-state index contributed by atoms with van der Waals surface area (Å²) in [5.41, 5.74) is -1.23. The highest BCUT2D eigenvalue weighted by Gasteiger charge is 2.55. The number of nitrogens with zero attached hydrogens (tertiary/aromatic N) is 2. The number of carbonyl (C=O) groups excluding carboxylic acids is 1. The van der Waals surface area contributed by atoms with Crippen LogP contribution >= 0.6 is 11.3 Å². The second-order valence-electron chi connectivity index (χ2n) is 12.7. The first-order valence-corrected chi connectivity index (χ1v) is 18.5. The lowest BCUT2D eigenvalue weighted by Crippen LogP contribution is -2.67. The molecular formula is C38H35F3N2O5SSi. The molecule has 258 valence electrons. The van der Waals surface area contributed by atoms with Crippen LogP contribution in [0.3, 0.4) is 0 Å². The smallest absolute Gasteiger partial charge is 0.416 e. The van der Waals surface area contributed by atoms with E-state index in [0.29, 0.717) is 22.0 Å². The Morgan fingerprint density at radius 3 is 2.10 bits per heavy atom. The van der Waals surface area contributed by atoms with E-state index in [1.54, 1.807) is 12.1 Å². The van der Waals surface area contributed by atoms with Crippen LogP contribution in [0, 0.1) is 0 Å². The number of halogens is 3. The summed E-state index contributed by atoms with van der Waals surface area (Å²) in [6.07, 6.45) is 0.462. The molecule has 0 spiro atoms. The van der Waals surface area contributed by atoms with Gasteiger partial charge in [-0.2, -0.15) is 13.2 Å². The first-order chi connectivity index (χ1) is 23.8. The van der Waals surface area contributed by atoms with Gasteiger partial charge in [0.2, 0.25) is 0 Å². The Morgan fingerprint density at radius 1 is 0.900 bits per heavy atom. The van der Waals surface area contributed by atoms with Gasteiger partial charge in [-0.25, -0.2) is 14.8 Å². The minimum Gasteiger partial charge on any atom is -0.534 e. The van der Waals surface area contributed by atoms with E-state index in [4.69, 9.17) is 18.6 Å². The molecule has 7 nitrogen and oxygen atoms in total. The van der Waals surface area contributed by atoms with Crippen LogP contribution in [0.1, 0.15) is 46.4 Å². The van der Waals surface area contributed by atoms with E-state index in [2.05, 4.69) is 55.0 Å². The highest BCUT2D eigenvalue weighted by molar-refractivity contribution is 7.14. The quantitative estimate of drug-likeness (QED) is 0.124. The SMILES string of the molecule is COC(=O)c1sc(C2(OC)C=C3N=CN=C3C=C2O[Si](c2ccccc2)(c2ccccc2)C(C)(C)C)cc1OCc1ccccc1C(F)(F)F. The number of benzene rings is 3. The molecule has 1 aliphatic carbocycles. The van der Waals surface area contributed by atoms with Gasteiger partial charge in [-0.1, -0.05) is 99.6 Å². The van der Waals surface area contributed by atoms with Gasteiger partial charge in [-0.3, -0.25) is 0 Å². The van der Waals surface area contributed by atoms with Crippen LogP contribution in [-0.4, -0.2) is 40.6 Å². The van der Waals surface area contributed by atoms with Crippen molar-refractivity contribution in [3.05, 3.63) is 135 Å². The Bertz CT molecular complexity index is 1980. The molecule has 1 unspecified atom stereocenters. The molecule has 4 aromatic rings. The van der Waals surface area contributed by atoms with Crippen LogP contribution in [0.4, 0.5) is 13.2 Å². The van der Waals surface area contributed by atoms with Gasteiger partial charge in [0.15, 0.2) is 10.5 Å². The van der Waals surface area contributed by atoms with Crippen molar-refractivity contribution in [2.75, 3.05) is 14.2 Å². The predicted octanol–water partition coefficient (Wildman–Crippen LogP) is 7.82. The van der Waals surface area contributed by atoms with Gasteiger partial charge in [0.05, 0.1) is 29.0 Å². The molecule has 12 heteroatoms. The standard InChI is InChI=1S/C38H35F3N2O5SSi/c1-36(2,3)50(26-15-8-6-9-16-26,27-17-10-7-11-18-27)48-32-20-29-30(43-24-42-29)22-37(32,46-5)33-21-31(34(49-33)35(44)45-4)47-23-25-14-12-13-19-28(25)38(39,40)41/h6-22,24H,23H2,1-5H3. The molecule has 2 heterocycles. The summed E-state index contributed by atoms with van der Waals surface area (Å²) in [5, 5.41) is 1.64. The van der Waals surface area contributed by atoms with Crippen molar-refractivity contribution < 1.29 is 36.6 Å². The summed E-state index contributed by atoms with van der Waals surface area (Å²) < 4.78 is 66.4. The third kappa shape index (κ3) is 6.23. The van der Waals surface area contributed by atoms with Crippen molar-refractivity contribution in [2.24, 2.45) is 9.98 Å². The number of alkyl halides is 3. The molecule has 6 rings (SSSR count). The van der Waals surface area contributed by atoms with Crippen molar-refractivity contribution in [3.63, 3.8) is 0 Å². The zero-order chi connectivity index (χ0) is 35.7. The zero-order valence-corrected chi connectivity index (χ0v) is 29.9. The highest BCUT2D eigenvalue weighted by atomic mass is 32.1. The van der Waals surface area contributed by atoms with Gasteiger partial charge in [0.25, 0.3) is 0 Å². The number of methoxy groups -OCH3 is 2. The third-order valence-corrected chi connectivity index (χ3v) is 14.9. The Balaban J connectivity index is 1.52. The van der Waals surface area contributed by atoms with Crippen LogP contribution in [0.2, 0.25) is 5.04 Å². The van der Waals surface area contributed by atoms with Crippen molar-refractivity contribution >= 4 is 48.0 Å². The van der Waals surface area contributed by atoms with Crippen LogP contribution < -0.4 is 15.1 Å². The molecule has 0 N–H and O–H groups in total. The normalized spacial score (nSPS) is 17.4. The van der Waals surface area contributed by atoms with Crippen LogP contribution in [-0.2, 0) is 32.3 Å².